The molecule has 4 rings (SSSR count). The summed E-state index contributed by atoms with van der Waals surface area (Å²) in [4.78, 5) is 23.8. The second kappa shape index (κ2) is 10.8. The van der Waals surface area contributed by atoms with Crippen molar-refractivity contribution in [3.05, 3.63) is 89.5 Å². The highest BCUT2D eigenvalue weighted by atomic mass is 19.4. The molecule has 1 heterocycles. The predicted molar refractivity (Wildman–Crippen MR) is 131 cm³/mol. The molecule has 4 N–H and O–H groups in total. The minimum absolute atomic E-state index is 0.153. The molecule has 0 fully saturated rings. The Kier molecular flexibility index (Phi) is 7.37. The maximum Gasteiger partial charge on any atom is 0.416 e. The van der Waals surface area contributed by atoms with Gasteiger partial charge in [0.1, 0.15) is 11.5 Å². The maximum atomic E-state index is 12.8. The lowest BCUT2D eigenvalue weighted by Crippen LogP contribution is -2.10. The van der Waals surface area contributed by atoms with E-state index in [1.807, 2.05) is 0 Å². The van der Waals surface area contributed by atoms with Gasteiger partial charge in [0.05, 0.1) is 11.1 Å². The summed E-state index contributed by atoms with van der Waals surface area (Å²) in [6.07, 6.45) is -4.39. The molecule has 0 radical (unpaired) electrons. The Bertz CT molecular complexity index is 1380. The Balaban J connectivity index is 1.44. The topological polar surface area (TPSA) is 121 Å². The molecule has 0 amide bonds. The number of rotatable bonds is 9. The summed E-state index contributed by atoms with van der Waals surface area (Å²) in [5.74, 6) is 0.652. The van der Waals surface area contributed by atoms with E-state index in [-0.39, 0.29) is 30.0 Å². The van der Waals surface area contributed by atoms with Crippen LogP contribution in [-0.2, 0) is 12.7 Å². The molecule has 0 saturated carbocycles. The number of benzene rings is 3. The molecule has 37 heavy (non-hydrogen) atoms. The number of carbonyl (C=O) groups is 1. The van der Waals surface area contributed by atoms with Crippen molar-refractivity contribution in [3.63, 3.8) is 0 Å². The third kappa shape index (κ3) is 6.84. The molecular formula is C25H21F3N6O3. The van der Waals surface area contributed by atoms with Gasteiger partial charge in [0.2, 0.25) is 17.8 Å². The van der Waals surface area contributed by atoms with E-state index in [4.69, 9.17) is 9.84 Å². The van der Waals surface area contributed by atoms with Crippen LogP contribution in [0.1, 0.15) is 21.5 Å². The molecule has 190 valence electrons. The van der Waals surface area contributed by atoms with Crippen LogP contribution >= 0.6 is 0 Å². The minimum atomic E-state index is -4.39. The van der Waals surface area contributed by atoms with Crippen molar-refractivity contribution in [1.29, 1.82) is 0 Å². The van der Waals surface area contributed by atoms with Crippen molar-refractivity contribution in [2.24, 2.45) is 0 Å². The molecule has 0 aliphatic rings. The highest BCUT2D eigenvalue weighted by Gasteiger charge is 2.29. The predicted octanol–water partition coefficient (Wildman–Crippen LogP) is 5.78. The zero-order valence-electron chi connectivity index (χ0n) is 19.4. The monoisotopic (exact) mass is 510 g/mol. The van der Waals surface area contributed by atoms with Gasteiger partial charge < -0.3 is 25.8 Å². The van der Waals surface area contributed by atoms with Gasteiger partial charge in [-0.05, 0) is 54.1 Å². The lowest BCUT2D eigenvalue weighted by atomic mass is 10.1. The smallest absolute Gasteiger partial charge is 0.416 e. The van der Waals surface area contributed by atoms with E-state index in [0.29, 0.717) is 22.7 Å². The van der Waals surface area contributed by atoms with Crippen molar-refractivity contribution < 1.29 is 27.8 Å². The van der Waals surface area contributed by atoms with E-state index in [1.165, 1.54) is 24.3 Å². The highest BCUT2D eigenvalue weighted by Crippen LogP contribution is 2.29. The second-order valence-corrected chi connectivity index (χ2v) is 7.69. The zero-order valence-corrected chi connectivity index (χ0v) is 19.4. The highest BCUT2D eigenvalue weighted by molar-refractivity contribution is 5.87. The van der Waals surface area contributed by atoms with Crippen LogP contribution in [0.3, 0.4) is 0 Å². The van der Waals surface area contributed by atoms with Crippen molar-refractivity contribution in [2.75, 3.05) is 23.0 Å². The fourth-order valence-corrected chi connectivity index (χ4v) is 3.18. The van der Waals surface area contributed by atoms with E-state index >= 15 is 0 Å². The Labute approximate surface area is 209 Å². The summed E-state index contributed by atoms with van der Waals surface area (Å²) in [5, 5.41) is 17.9. The Morgan fingerprint density at radius 2 is 1.57 bits per heavy atom. The third-order valence-electron chi connectivity index (χ3n) is 5.02. The van der Waals surface area contributed by atoms with E-state index < -0.39 is 17.7 Å². The number of aromatic carboxylic acids is 1. The van der Waals surface area contributed by atoms with Crippen LogP contribution in [0.4, 0.5) is 36.7 Å². The summed E-state index contributed by atoms with van der Waals surface area (Å²) in [5.41, 5.74) is 0.668. The first-order chi connectivity index (χ1) is 17.7. The van der Waals surface area contributed by atoms with Crippen LogP contribution in [-0.4, -0.2) is 33.1 Å². The molecular weight excluding hydrogens is 489 g/mol. The number of aromatic nitrogens is 3. The van der Waals surface area contributed by atoms with Gasteiger partial charge in [-0.25, -0.2) is 4.79 Å². The number of nitrogens with one attached hydrogen (secondary N) is 3. The van der Waals surface area contributed by atoms with Crippen molar-refractivity contribution >= 4 is 29.5 Å². The Hall–Kier alpha value is -4.87. The largest absolute Gasteiger partial charge is 0.478 e. The first kappa shape index (κ1) is 25.2. The summed E-state index contributed by atoms with van der Waals surface area (Å²) < 4.78 is 44.1. The number of nitrogens with zero attached hydrogens (tertiary/aromatic N) is 3. The zero-order chi connectivity index (χ0) is 26.4. The van der Waals surface area contributed by atoms with Gasteiger partial charge in [0.15, 0.2) is 0 Å². The van der Waals surface area contributed by atoms with Crippen LogP contribution in [0.15, 0.2) is 72.8 Å². The van der Waals surface area contributed by atoms with Crippen LogP contribution in [0.5, 0.6) is 11.5 Å². The fraction of sp³-hybridized carbons (Fsp3) is 0.120. The molecule has 0 saturated heterocycles. The van der Waals surface area contributed by atoms with Crippen LogP contribution in [0, 0.1) is 0 Å². The third-order valence-corrected chi connectivity index (χ3v) is 5.02. The number of alkyl halides is 3. The standard InChI is InChI=1S/C25H21F3N6O3/c1-29-22-32-23(30-14-15-5-9-17(10-6-15)25(26,27)28)34-24(33-22)31-18-3-2-4-20(13-18)37-19-11-7-16(8-12-19)21(35)36/h2-13H,14H2,1H3,(H,35,36)(H3,29,30,31,32,33,34). The van der Waals surface area contributed by atoms with Crippen LogP contribution < -0.4 is 20.7 Å². The summed E-state index contributed by atoms with van der Waals surface area (Å²) in [6, 6.07) is 17.8. The summed E-state index contributed by atoms with van der Waals surface area (Å²) in [7, 11) is 1.64. The summed E-state index contributed by atoms with van der Waals surface area (Å²) >= 11 is 0. The average molecular weight is 510 g/mol. The van der Waals surface area contributed by atoms with Crippen LogP contribution in [0.2, 0.25) is 0 Å². The van der Waals surface area contributed by atoms with E-state index in [2.05, 4.69) is 30.9 Å². The molecule has 1 aromatic heterocycles. The molecule has 12 heteroatoms. The lowest BCUT2D eigenvalue weighted by molar-refractivity contribution is -0.137. The van der Waals surface area contributed by atoms with Gasteiger partial charge in [-0.15, -0.1) is 0 Å². The quantitative estimate of drug-likeness (QED) is 0.222. The molecule has 4 aromatic rings. The number of hydrogen-bond donors (Lipinski definition) is 4. The Morgan fingerprint density at radius 3 is 2.22 bits per heavy atom. The number of ether oxygens (including phenoxy) is 1. The first-order valence-corrected chi connectivity index (χ1v) is 10.9. The molecule has 3 aromatic carbocycles. The van der Waals surface area contributed by atoms with Crippen molar-refractivity contribution in [1.82, 2.24) is 15.0 Å². The average Bonchev–Trinajstić information content (AvgIpc) is 2.87. The van der Waals surface area contributed by atoms with Crippen molar-refractivity contribution in [3.8, 4) is 11.5 Å². The van der Waals surface area contributed by atoms with Crippen LogP contribution in [0.25, 0.3) is 0 Å². The number of carboxylic acids is 1. The van der Waals surface area contributed by atoms with Gasteiger partial charge in [-0.2, -0.15) is 28.1 Å². The maximum absolute atomic E-state index is 12.8. The first-order valence-electron chi connectivity index (χ1n) is 10.9. The summed E-state index contributed by atoms with van der Waals surface area (Å²) in [6.45, 7) is 0.203. The van der Waals surface area contributed by atoms with Gasteiger partial charge in [-0.3, -0.25) is 0 Å². The second-order valence-electron chi connectivity index (χ2n) is 7.69. The molecule has 0 bridgehead atoms. The van der Waals surface area contributed by atoms with Gasteiger partial charge in [0, 0.05) is 25.3 Å². The molecule has 0 spiro atoms. The molecule has 0 aliphatic carbocycles. The lowest BCUT2D eigenvalue weighted by Gasteiger charge is -2.12. The van der Waals surface area contributed by atoms with Gasteiger partial charge in [0.25, 0.3) is 0 Å². The Morgan fingerprint density at radius 1 is 0.892 bits per heavy atom. The van der Waals surface area contributed by atoms with E-state index in [9.17, 15) is 18.0 Å². The number of carboxylic acid groups (broad SMARTS) is 1. The minimum Gasteiger partial charge on any atom is -0.478 e. The van der Waals surface area contributed by atoms with Gasteiger partial charge in [-0.1, -0.05) is 18.2 Å². The van der Waals surface area contributed by atoms with Crippen molar-refractivity contribution in [2.45, 2.75) is 12.7 Å². The molecule has 9 nitrogen and oxygen atoms in total. The van der Waals surface area contributed by atoms with Gasteiger partial charge >= 0.3 is 12.1 Å². The fourth-order valence-electron chi connectivity index (χ4n) is 3.18. The normalized spacial score (nSPS) is 11.0. The molecule has 0 unspecified atom stereocenters. The SMILES string of the molecule is CNc1nc(NCc2ccc(C(F)(F)F)cc2)nc(Nc2cccc(Oc3ccc(C(=O)O)cc3)c2)n1. The number of anilines is 4. The van der Waals surface area contributed by atoms with E-state index in [1.54, 1.807) is 43.4 Å². The number of halogens is 3. The molecule has 0 aliphatic heterocycles. The number of hydrogen-bond acceptors (Lipinski definition) is 8. The molecule has 0 atom stereocenters. The van der Waals surface area contributed by atoms with E-state index in [0.717, 1.165) is 12.1 Å².